The molecular formula is C78H153NO13. The fourth-order valence-corrected chi connectivity index (χ4v) is 14.0. The normalized spacial score (nSPS) is 22.5. The van der Waals surface area contributed by atoms with Gasteiger partial charge in [-0.05, 0) is 12.8 Å². The number of rotatable bonds is 69. The Labute approximate surface area is 565 Å². The van der Waals surface area contributed by atoms with Crippen LogP contribution in [0.1, 0.15) is 399 Å². The van der Waals surface area contributed by atoms with E-state index >= 15 is 0 Å². The predicted molar refractivity (Wildman–Crippen MR) is 379 cm³/mol. The molecule has 0 bridgehead atoms. The van der Waals surface area contributed by atoms with Gasteiger partial charge in [0.2, 0.25) is 5.91 Å². The zero-order valence-corrected chi connectivity index (χ0v) is 60.1. The largest absolute Gasteiger partial charge is 0.394 e. The average molecular weight is 1310 g/mol. The van der Waals surface area contributed by atoms with E-state index in [2.05, 4.69) is 19.2 Å². The van der Waals surface area contributed by atoms with Crippen LogP contribution in [0.2, 0.25) is 0 Å². The number of hydrogen-bond donors (Lipinski definition) is 9. The first-order valence-corrected chi connectivity index (χ1v) is 40.3. The van der Waals surface area contributed by atoms with Gasteiger partial charge in [0.1, 0.15) is 48.8 Å². The monoisotopic (exact) mass is 1310 g/mol. The maximum Gasteiger partial charge on any atom is 0.220 e. The van der Waals surface area contributed by atoms with Crippen molar-refractivity contribution in [3.8, 4) is 0 Å². The molecule has 12 unspecified atom stereocenters. The maximum absolute atomic E-state index is 13.4. The van der Waals surface area contributed by atoms with Crippen LogP contribution in [-0.4, -0.2) is 140 Å². The van der Waals surface area contributed by atoms with E-state index in [1.165, 1.54) is 321 Å². The van der Waals surface area contributed by atoms with E-state index in [1.54, 1.807) is 0 Å². The quantitative estimate of drug-likeness (QED) is 0.0259. The van der Waals surface area contributed by atoms with Crippen LogP contribution in [0.4, 0.5) is 0 Å². The molecule has 14 heteroatoms. The summed E-state index contributed by atoms with van der Waals surface area (Å²) in [7, 11) is 0. The first-order valence-electron chi connectivity index (χ1n) is 40.3. The molecule has 0 saturated carbocycles. The third-order valence-corrected chi connectivity index (χ3v) is 20.3. The number of carbonyl (C=O) groups excluding carboxylic acids is 1. The fourth-order valence-electron chi connectivity index (χ4n) is 14.0. The molecule has 92 heavy (non-hydrogen) atoms. The summed E-state index contributed by atoms with van der Waals surface area (Å²) in [6.07, 6.45) is 61.6. The number of amides is 1. The van der Waals surface area contributed by atoms with Gasteiger partial charge in [-0.1, -0.05) is 380 Å². The van der Waals surface area contributed by atoms with Crippen LogP contribution in [-0.2, 0) is 23.7 Å². The van der Waals surface area contributed by atoms with E-state index in [0.717, 1.165) is 51.4 Å². The van der Waals surface area contributed by atoms with E-state index in [-0.39, 0.29) is 12.5 Å². The number of hydrogen-bond acceptors (Lipinski definition) is 13. The minimum Gasteiger partial charge on any atom is -0.394 e. The van der Waals surface area contributed by atoms with E-state index in [9.17, 15) is 45.6 Å². The third kappa shape index (κ3) is 46.3. The van der Waals surface area contributed by atoms with E-state index in [4.69, 9.17) is 18.9 Å². The van der Waals surface area contributed by atoms with Gasteiger partial charge in [0.15, 0.2) is 12.6 Å². The standard InChI is InChI=1S/C78H153NO13/c1-3-5-7-9-11-13-15-17-19-21-23-25-26-27-28-29-30-31-32-33-34-35-36-37-38-39-40-41-42-44-46-48-50-52-54-56-58-60-62-70(83)79-66(67(82)61-59-57-55-53-51-49-47-45-43-24-22-20-18-16-14-12-10-8-6-4-2)65-89-77-75(88)73(86)76(69(64-81)91-77)92-78-74(87)72(85)71(84)68(63-80)90-78/h66-69,71-78,80-82,84-88H,3-65H2,1-2H3,(H,79,83). The molecule has 0 radical (unpaired) electrons. The van der Waals surface area contributed by atoms with Crippen LogP contribution < -0.4 is 5.32 Å². The van der Waals surface area contributed by atoms with E-state index in [1.807, 2.05) is 0 Å². The van der Waals surface area contributed by atoms with Crippen molar-refractivity contribution >= 4 is 5.91 Å². The summed E-state index contributed by atoms with van der Waals surface area (Å²) in [4.78, 5) is 13.4. The minimum atomic E-state index is -1.78. The number of unbranched alkanes of at least 4 members (excludes halogenated alkanes) is 56. The van der Waals surface area contributed by atoms with Crippen LogP contribution in [0.15, 0.2) is 0 Å². The molecule has 0 spiro atoms. The zero-order valence-electron chi connectivity index (χ0n) is 60.1. The first-order chi connectivity index (χ1) is 45.1. The Hall–Kier alpha value is -1.01. The molecule has 2 rings (SSSR count). The van der Waals surface area contributed by atoms with Crippen molar-refractivity contribution in [3.63, 3.8) is 0 Å². The molecule has 2 saturated heterocycles. The van der Waals surface area contributed by atoms with Crippen molar-refractivity contribution in [2.45, 2.75) is 473 Å². The second-order valence-corrected chi connectivity index (χ2v) is 28.9. The molecule has 9 N–H and O–H groups in total. The van der Waals surface area contributed by atoms with Gasteiger partial charge in [-0.3, -0.25) is 4.79 Å². The van der Waals surface area contributed by atoms with Crippen molar-refractivity contribution < 1.29 is 64.6 Å². The number of aliphatic hydroxyl groups is 8. The van der Waals surface area contributed by atoms with Crippen molar-refractivity contribution in [2.24, 2.45) is 0 Å². The Bertz CT molecular complexity index is 1550. The zero-order chi connectivity index (χ0) is 66.6. The van der Waals surface area contributed by atoms with Gasteiger partial charge in [-0.2, -0.15) is 0 Å². The third-order valence-electron chi connectivity index (χ3n) is 20.3. The molecule has 14 nitrogen and oxygen atoms in total. The molecule has 0 aliphatic carbocycles. The Kier molecular flexibility index (Phi) is 60.0. The molecule has 1 amide bonds. The minimum absolute atomic E-state index is 0.195. The SMILES string of the molecule is CCCCCCCCCCCCCCCCCCCCCCCCCCCCCCCCCCCCCCCCC(=O)NC(COC1OC(CO)C(OC2OC(CO)C(O)C(O)C2O)C(O)C1O)C(O)CCCCCCCCCCCCCCCCCCCCCC. The Morgan fingerprint density at radius 3 is 0.924 bits per heavy atom. The summed E-state index contributed by atoms with van der Waals surface area (Å²) in [5.74, 6) is -0.195. The highest BCUT2D eigenvalue weighted by Gasteiger charge is 2.51. The van der Waals surface area contributed by atoms with E-state index in [0.29, 0.717) is 12.8 Å². The van der Waals surface area contributed by atoms with Crippen LogP contribution in [0, 0.1) is 0 Å². The van der Waals surface area contributed by atoms with Gasteiger partial charge in [-0.25, -0.2) is 0 Å². The van der Waals surface area contributed by atoms with Crippen molar-refractivity contribution in [1.29, 1.82) is 0 Å². The van der Waals surface area contributed by atoms with Gasteiger partial charge in [0, 0.05) is 6.42 Å². The molecule has 2 heterocycles. The van der Waals surface area contributed by atoms with Crippen LogP contribution in [0.5, 0.6) is 0 Å². The predicted octanol–water partition coefficient (Wildman–Crippen LogP) is 17.9. The molecule has 548 valence electrons. The van der Waals surface area contributed by atoms with Crippen LogP contribution >= 0.6 is 0 Å². The molecule has 2 aliphatic heterocycles. The molecule has 2 fully saturated rings. The molecule has 12 atom stereocenters. The Balaban J connectivity index is 1.55. The summed E-state index contributed by atoms with van der Waals surface area (Å²) < 4.78 is 23.0. The summed E-state index contributed by atoms with van der Waals surface area (Å²) in [5.41, 5.74) is 0. The second kappa shape index (κ2) is 63.4. The highest BCUT2D eigenvalue weighted by Crippen LogP contribution is 2.31. The summed E-state index contributed by atoms with van der Waals surface area (Å²) in [6.45, 7) is 2.94. The number of ether oxygens (including phenoxy) is 4. The van der Waals surface area contributed by atoms with Crippen molar-refractivity contribution in [2.75, 3.05) is 19.8 Å². The first kappa shape index (κ1) is 87.1. The average Bonchev–Trinajstić information content (AvgIpc) is 1.05. The lowest BCUT2D eigenvalue weighted by Crippen LogP contribution is -2.65. The number of aliphatic hydroxyl groups excluding tert-OH is 8. The topological polar surface area (TPSA) is 228 Å². The van der Waals surface area contributed by atoms with Gasteiger partial charge < -0.3 is 65.1 Å². The molecule has 0 aromatic carbocycles. The lowest BCUT2D eigenvalue weighted by atomic mass is 9.97. The van der Waals surface area contributed by atoms with Gasteiger partial charge in [0.05, 0.1) is 32.0 Å². The Morgan fingerprint density at radius 1 is 0.348 bits per heavy atom. The molecule has 0 aromatic heterocycles. The Morgan fingerprint density at radius 2 is 0.620 bits per heavy atom. The number of carbonyl (C=O) groups is 1. The smallest absolute Gasteiger partial charge is 0.220 e. The summed E-state index contributed by atoms with van der Waals surface area (Å²) in [6, 6.07) is -0.825. The van der Waals surface area contributed by atoms with E-state index < -0.39 is 86.8 Å². The fraction of sp³-hybridized carbons (Fsp3) is 0.987. The van der Waals surface area contributed by atoms with Gasteiger partial charge in [-0.15, -0.1) is 0 Å². The number of nitrogens with one attached hydrogen (secondary N) is 1. The highest BCUT2D eigenvalue weighted by molar-refractivity contribution is 5.76. The molecular weight excluding hydrogens is 1160 g/mol. The summed E-state index contributed by atoms with van der Waals surface area (Å²) in [5, 5.41) is 87.8. The van der Waals surface area contributed by atoms with Crippen LogP contribution in [0.25, 0.3) is 0 Å². The lowest BCUT2D eigenvalue weighted by molar-refractivity contribution is -0.359. The van der Waals surface area contributed by atoms with Gasteiger partial charge in [0.25, 0.3) is 0 Å². The highest BCUT2D eigenvalue weighted by atomic mass is 16.7. The lowest BCUT2D eigenvalue weighted by Gasteiger charge is -2.46. The van der Waals surface area contributed by atoms with Crippen LogP contribution in [0.3, 0.4) is 0 Å². The summed E-state index contributed by atoms with van der Waals surface area (Å²) >= 11 is 0. The van der Waals surface area contributed by atoms with Crippen molar-refractivity contribution in [3.05, 3.63) is 0 Å². The molecule has 2 aliphatic rings. The van der Waals surface area contributed by atoms with Crippen molar-refractivity contribution in [1.82, 2.24) is 5.32 Å². The molecule has 0 aromatic rings. The van der Waals surface area contributed by atoms with Gasteiger partial charge >= 0.3 is 0 Å². The second-order valence-electron chi connectivity index (χ2n) is 28.9. The maximum atomic E-state index is 13.4.